The van der Waals surface area contributed by atoms with Crippen molar-refractivity contribution in [2.24, 2.45) is 7.05 Å². The number of ketones is 2. The Morgan fingerprint density at radius 1 is 1.02 bits per heavy atom. The van der Waals surface area contributed by atoms with E-state index in [0.29, 0.717) is 34.0 Å². The molecule has 0 saturated carbocycles. The van der Waals surface area contributed by atoms with Crippen LogP contribution < -0.4 is 9.64 Å². The summed E-state index contributed by atoms with van der Waals surface area (Å²) in [4.78, 5) is 40.5. The van der Waals surface area contributed by atoms with Crippen LogP contribution in [0.1, 0.15) is 60.5 Å². The molecule has 0 radical (unpaired) electrons. The number of carbonyl (C=O) groups is 3. The number of aryl methyl sites for hydroxylation is 5. The fourth-order valence-corrected chi connectivity index (χ4v) is 6.31. The molecule has 0 fully saturated rings. The molecule has 2 aromatic carbocycles. The summed E-state index contributed by atoms with van der Waals surface area (Å²) in [6, 6.07) is 10.4. The highest BCUT2D eigenvalue weighted by Gasteiger charge is 2.27. The molecule has 0 aliphatic heterocycles. The number of Topliss-reactive ketones (excluding diaryl/α,β-unsaturated/α-hetero) is 1. The molecule has 0 saturated heterocycles. The van der Waals surface area contributed by atoms with E-state index < -0.39 is 0 Å². The number of nitrogens with zero attached hydrogens (tertiary/aromatic N) is 3. The quantitative estimate of drug-likeness (QED) is 0.116. The van der Waals surface area contributed by atoms with Crippen molar-refractivity contribution in [3.05, 3.63) is 95.8 Å². The van der Waals surface area contributed by atoms with E-state index in [9.17, 15) is 14.4 Å². The van der Waals surface area contributed by atoms with Gasteiger partial charge >= 0.3 is 0 Å². The summed E-state index contributed by atoms with van der Waals surface area (Å²) in [6.07, 6.45) is 0. The third-order valence-corrected chi connectivity index (χ3v) is 9.41. The first-order chi connectivity index (χ1) is 21.7. The molecule has 0 bridgehead atoms. The molecule has 0 aliphatic rings. The molecular weight excluding hydrogens is 669 g/mol. The Kier molecular flexibility index (Phi) is 13.4. The van der Waals surface area contributed by atoms with Gasteiger partial charge in [0.15, 0.2) is 12.4 Å². The summed E-state index contributed by atoms with van der Waals surface area (Å²) >= 11 is 19.8. The smallest absolute Gasteiger partial charge is 0.242 e. The SMILES string of the molecule is COCC(C)N(C(=O)CCl)c1c(C)csc1C.Cc1ccc(C(=O)COc2c(C(=O)c3ccc(Cl)c(C)c3Cl)c(C)nn2C)cc1. The van der Waals surface area contributed by atoms with Crippen LogP contribution in [0, 0.1) is 34.6 Å². The molecule has 0 spiro atoms. The van der Waals surface area contributed by atoms with Gasteiger partial charge in [0.2, 0.25) is 17.6 Å². The minimum absolute atomic E-state index is 0.0111. The molecule has 12 heteroatoms. The van der Waals surface area contributed by atoms with Crippen LogP contribution in [0.5, 0.6) is 5.88 Å². The standard InChI is InChI=1S/C22H20Cl2N2O3.C12H18ClNO2S/c1-12-5-7-15(8-6-12)18(27)11-29-22-19(14(3)25-26(22)4)21(28)16-9-10-17(23)13(2)20(16)24;1-8-7-17-10(3)12(8)14(11(15)5-13)9(2)6-16-4/h5-10H,11H2,1-4H3;7,9H,5-6H2,1-4H3. The van der Waals surface area contributed by atoms with Gasteiger partial charge in [-0.1, -0.05) is 53.0 Å². The van der Waals surface area contributed by atoms with Gasteiger partial charge in [-0.3, -0.25) is 14.4 Å². The molecule has 4 aromatic rings. The maximum absolute atomic E-state index is 13.2. The van der Waals surface area contributed by atoms with Crippen LogP contribution in [-0.4, -0.2) is 59.5 Å². The molecule has 2 aromatic heterocycles. The van der Waals surface area contributed by atoms with E-state index in [1.165, 1.54) is 4.68 Å². The third kappa shape index (κ3) is 8.57. The molecule has 1 atom stereocenters. The number of hydrogen-bond acceptors (Lipinski definition) is 7. The second-order valence-corrected chi connectivity index (χ2v) is 13.0. The van der Waals surface area contributed by atoms with Crippen molar-refractivity contribution in [3.8, 4) is 5.88 Å². The highest BCUT2D eigenvalue weighted by molar-refractivity contribution is 7.10. The molecule has 246 valence electrons. The normalized spacial score (nSPS) is 11.5. The van der Waals surface area contributed by atoms with Gasteiger partial charge in [0, 0.05) is 35.2 Å². The Labute approximate surface area is 289 Å². The number of aromatic nitrogens is 2. The lowest BCUT2D eigenvalue weighted by atomic mass is 10.0. The van der Waals surface area contributed by atoms with Gasteiger partial charge in [-0.05, 0) is 70.2 Å². The van der Waals surface area contributed by atoms with Crippen molar-refractivity contribution in [2.45, 2.75) is 47.6 Å². The molecule has 2 heterocycles. The predicted molar refractivity (Wildman–Crippen MR) is 187 cm³/mol. The number of amides is 1. The Morgan fingerprint density at radius 2 is 1.67 bits per heavy atom. The van der Waals surface area contributed by atoms with Crippen molar-refractivity contribution in [3.63, 3.8) is 0 Å². The topological polar surface area (TPSA) is 90.7 Å². The van der Waals surface area contributed by atoms with E-state index in [0.717, 1.165) is 21.7 Å². The Balaban J connectivity index is 0.000000289. The number of carbonyl (C=O) groups excluding carboxylic acids is 3. The van der Waals surface area contributed by atoms with E-state index in [2.05, 4.69) is 10.5 Å². The Morgan fingerprint density at radius 3 is 2.24 bits per heavy atom. The fourth-order valence-electron chi connectivity index (χ4n) is 4.89. The number of methoxy groups -OCH3 is 1. The lowest BCUT2D eigenvalue weighted by Crippen LogP contribution is -2.42. The fraction of sp³-hybridized carbons (Fsp3) is 0.353. The predicted octanol–water partition coefficient (Wildman–Crippen LogP) is 8.12. The minimum Gasteiger partial charge on any atom is -0.469 e. The van der Waals surface area contributed by atoms with Crippen LogP contribution in [0.25, 0.3) is 0 Å². The van der Waals surface area contributed by atoms with Crippen LogP contribution in [-0.2, 0) is 16.6 Å². The maximum Gasteiger partial charge on any atom is 0.242 e. The number of alkyl halides is 1. The van der Waals surface area contributed by atoms with Gasteiger partial charge in [-0.25, -0.2) is 4.68 Å². The van der Waals surface area contributed by atoms with Gasteiger partial charge in [0.25, 0.3) is 0 Å². The summed E-state index contributed by atoms with van der Waals surface area (Å²) in [5.41, 5.74) is 5.37. The second-order valence-electron chi connectivity index (χ2n) is 10.9. The number of ether oxygens (including phenoxy) is 2. The number of hydrogen-bond donors (Lipinski definition) is 0. The van der Waals surface area contributed by atoms with E-state index in [4.69, 9.17) is 44.3 Å². The maximum atomic E-state index is 13.2. The molecule has 0 N–H and O–H groups in total. The summed E-state index contributed by atoms with van der Waals surface area (Å²) in [5.74, 6) is -0.402. The molecule has 8 nitrogen and oxygen atoms in total. The molecule has 1 unspecified atom stereocenters. The van der Waals surface area contributed by atoms with Crippen molar-refractivity contribution in [2.75, 3.05) is 31.1 Å². The summed E-state index contributed by atoms with van der Waals surface area (Å²) < 4.78 is 12.3. The van der Waals surface area contributed by atoms with Crippen LogP contribution in [0.3, 0.4) is 0 Å². The number of halogens is 3. The third-order valence-electron chi connectivity index (χ3n) is 7.27. The van der Waals surface area contributed by atoms with Gasteiger partial charge in [-0.15, -0.1) is 22.9 Å². The first-order valence-electron chi connectivity index (χ1n) is 14.4. The highest BCUT2D eigenvalue weighted by Crippen LogP contribution is 2.33. The average molecular weight is 707 g/mol. The van der Waals surface area contributed by atoms with Gasteiger partial charge < -0.3 is 14.4 Å². The molecule has 4 rings (SSSR count). The number of benzene rings is 2. The zero-order valence-corrected chi connectivity index (χ0v) is 30.2. The number of anilines is 1. The number of thiophene rings is 1. The van der Waals surface area contributed by atoms with Crippen LogP contribution in [0.15, 0.2) is 41.8 Å². The van der Waals surface area contributed by atoms with Crippen LogP contribution >= 0.6 is 46.1 Å². The molecule has 1 amide bonds. The lowest BCUT2D eigenvalue weighted by molar-refractivity contribution is -0.116. The minimum atomic E-state index is -0.335. The summed E-state index contributed by atoms with van der Waals surface area (Å²) in [5, 5.41) is 7.10. The second kappa shape index (κ2) is 16.6. The zero-order valence-electron chi connectivity index (χ0n) is 27.2. The Hall–Kier alpha value is -3.21. The van der Waals surface area contributed by atoms with Crippen LogP contribution in [0.4, 0.5) is 5.69 Å². The van der Waals surface area contributed by atoms with E-state index >= 15 is 0 Å². The van der Waals surface area contributed by atoms with Gasteiger partial charge in [0.05, 0.1) is 29.1 Å². The van der Waals surface area contributed by atoms with E-state index in [-0.39, 0.29) is 52.5 Å². The summed E-state index contributed by atoms with van der Waals surface area (Å²) in [7, 11) is 3.29. The Bertz CT molecular complexity index is 1700. The number of rotatable bonds is 11. The van der Waals surface area contributed by atoms with Crippen molar-refractivity contribution in [1.29, 1.82) is 0 Å². The monoisotopic (exact) mass is 705 g/mol. The van der Waals surface area contributed by atoms with E-state index in [1.54, 1.807) is 68.5 Å². The van der Waals surface area contributed by atoms with Crippen LogP contribution in [0.2, 0.25) is 10.0 Å². The lowest BCUT2D eigenvalue weighted by Gasteiger charge is -2.29. The highest BCUT2D eigenvalue weighted by atomic mass is 35.5. The molecule has 46 heavy (non-hydrogen) atoms. The first-order valence-corrected chi connectivity index (χ1v) is 16.6. The molecular formula is C34H38Cl3N3O5S. The van der Waals surface area contributed by atoms with Crippen molar-refractivity contribution >= 4 is 69.3 Å². The van der Waals surface area contributed by atoms with Gasteiger partial charge in [-0.2, -0.15) is 5.10 Å². The first kappa shape index (κ1) is 37.2. The van der Waals surface area contributed by atoms with E-state index in [1.807, 2.05) is 39.8 Å². The van der Waals surface area contributed by atoms with Crippen molar-refractivity contribution in [1.82, 2.24) is 9.78 Å². The van der Waals surface area contributed by atoms with Gasteiger partial charge in [0.1, 0.15) is 11.4 Å². The largest absolute Gasteiger partial charge is 0.469 e. The zero-order chi connectivity index (χ0) is 34.3. The molecule has 0 aliphatic carbocycles. The van der Waals surface area contributed by atoms with Crippen molar-refractivity contribution < 1.29 is 23.9 Å². The average Bonchev–Trinajstić information content (AvgIpc) is 3.50. The summed E-state index contributed by atoms with van der Waals surface area (Å²) in [6.45, 7) is 11.7.